The van der Waals surface area contributed by atoms with E-state index >= 15 is 0 Å². The Labute approximate surface area is 144 Å². The van der Waals surface area contributed by atoms with Crippen LogP contribution in [0.1, 0.15) is 28.8 Å². The van der Waals surface area contributed by atoms with Gasteiger partial charge in [0, 0.05) is 13.1 Å². The van der Waals surface area contributed by atoms with E-state index in [0.29, 0.717) is 0 Å². The normalized spacial score (nSPS) is 17.8. The molecule has 1 aromatic heterocycles. The molecule has 0 saturated heterocycles. The number of nitrogens with zero attached hydrogens (tertiary/aromatic N) is 3. The van der Waals surface area contributed by atoms with E-state index in [-0.39, 0.29) is 43.3 Å². The highest BCUT2D eigenvalue weighted by Crippen LogP contribution is 2.35. The zero-order valence-electron chi connectivity index (χ0n) is 12.5. The van der Waals surface area contributed by atoms with Gasteiger partial charge < -0.3 is 9.88 Å². The summed E-state index contributed by atoms with van der Waals surface area (Å²) in [6, 6.07) is 4.21. The smallest absolute Gasteiger partial charge is 0.305 e. The van der Waals surface area contributed by atoms with Crippen LogP contribution in [-0.4, -0.2) is 21.3 Å². The van der Waals surface area contributed by atoms with Gasteiger partial charge in [-0.2, -0.15) is 26.3 Å². The van der Waals surface area contributed by atoms with Gasteiger partial charge in [0.2, 0.25) is 5.82 Å². The largest absolute Gasteiger partial charge is 0.451 e. The number of hydrogen-bond donors (Lipinski definition) is 1. The Morgan fingerprint density at radius 1 is 1.04 bits per heavy atom. The fourth-order valence-electron chi connectivity index (χ4n) is 2.80. The summed E-state index contributed by atoms with van der Waals surface area (Å²) in [7, 11) is 0. The van der Waals surface area contributed by atoms with Crippen molar-refractivity contribution in [1.29, 1.82) is 0 Å². The Bertz CT molecular complexity index is 740. The first-order valence-electron chi connectivity index (χ1n) is 7.06. The van der Waals surface area contributed by atoms with Crippen molar-refractivity contribution < 1.29 is 26.3 Å². The van der Waals surface area contributed by atoms with Crippen molar-refractivity contribution in [2.75, 3.05) is 6.54 Å². The van der Waals surface area contributed by atoms with Gasteiger partial charge in [-0.1, -0.05) is 18.2 Å². The van der Waals surface area contributed by atoms with Gasteiger partial charge in [0.1, 0.15) is 0 Å². The molecule has 0 fully saturated rings. The number of fused-ring (bicyclic) bond motifs is 1. The van der Waals surface area contributed by atoms with Crippen molar-refractivity contribution in [2.24, 2.45) is 0 Å². The van der Waals surface area contributed by atoms with Gasteiger partial charge in [-0.3, -0.25) is 0 Å². The molecule has 0 spiro atoms. The molecule has 1 aliphatic rings. The van der Waals surface area contributed by atoms with Gasteiger partial charge in [-0.25, -0.2) is 0 Å². The number of hydrogen-bond acceptors (Lipinski definition) is 3. The predicted molar refractivity (Wildman–Crippen MR) is 78.2 cm³/mol. The fraction of sp³-hybridized carbons (Fsp3) is 0.429. The number of benzene rings is 1. The van der Waals surface area contributed by atoms with E-state index in [1.165, 1.54) is 18.2 Å². The molecule has 3 rings (SSSR count). The maximum absolute atomic E-state index is 13.1. The summed E-state index contributed by atoms with van der Waals surface area (Å²) in [6.45, 7) is 0.196. The Morgan fingerprint density at radius 2 is 1.72 bits per heavy atom. The number of alkyl halides is 6. The van der Waals surface area contributed by atoms with Gasteiger partial charge in [0.25, 0.3) is 0 Å². The van der Waals surface area contributed by atoms with Gasteiger partial charge in [-0.05, 0) is 18.1 Å². The second kappa shape index (κ2) is 6.83. The van der Waals surface area contributed by atoms with E-state index in [9.17, 15) is 26.3 Å². The fourth-order valence-corrected chi connectivity index (χ4v) is 2.80. The Hall–Kier alpha value is -1.81. The molecule has 1 atom stereocenters. The van der Waals surface area contributed by atoms with E-state index in [0.717, 1.165) is 10.6 Å². The lowest BCUT2D eigenvalue weighted by Crippen LogP contribution is -2.36. The van der Waals surface area contributed by atoms with Crippen molar-refractivity contribution in [3.8, 4) is 0 Å². The van der Waals surface area contributed by atoms with Crippen molar-refractivity contribution in [3.05, 3.63) is 47.0 Å². The third kappa shape index (κ3) is 3.90. The topological polar surface area (TPSA) is 42.7 Å². The van der Waals surface area contributed by atoms with Crippen molar-refractivity contribution >= 4 is 12.4 Å². The summed E-state index contributed by atoms with van der Waals surface area (Å²) in [5.41, 5.74) is -0.813. The minimum atomic E-state index is -4.66. The van der Waals surface area contributed by atoms with Crippen molar-refractivity contribution in [2.45, 2.75) is 31.4 Å². The second-order valence-electron chi connectivity index (χ2n) is 5.40. The Morgan fingerprint density at radius 3 is 2.36 bits per heavy atom. The maximum Gasteiger partial charge on any atom is 0.451 e. The highest BCUT2D eigenvalue weighted by Gasteiger charge is 2.41. The molecule has 2 heterocycles. The van der Waals surface area contributed by atoms with Crippen molar-refractivity contribution in [1.82, 2.24) is 20.1 Å². The molecular formula is C14H13ClF6N4. The summed E-state index contributed by atoms with van der Waals surface area (Å²) in [6.07, 6.45) is -9.32. The van der Waals surface area contributed by atoms with Crippen LogP contribution in [0.25, 0.3) is 0 Å². The highest BCUT2D eigenvalue weighted by molar-refractivity contribution is 5.85. The first-order valence-corrected chi connectivity index (χ1v) is 7.06. The van der Waals surface area contributed by atoms with Crippen LogP contribution < -0.4 is 5.32 Å². The summed E-state index contributed by atoms with van der Waals surface area (Å²) < 4.78 is 78.8. The molecule has 0 aliphatic carbocycles. The lowest BCUT2D eigenvalue weighted by atomic mass is 9.98. The van der Waals surface area contributed by atoms with Gasteiger partial charge in [0.05, 0.1) is 11.6 Å². The Balaban J connectivity index is 0.00000225. The molecular weight excluding hydrogens is 374 g/mol. The van der Waals surface area contributed by atoms with E-state index < -0.39 is 29.8 Å². The lowest BCUT2D eigenvalue weighted by molar-refractivity contribution is -0.147. The second-order valence-corrected chi connectivity index (χ2v) is 5.40. The average Bonchev–Trinajstić information content (AvgIpc) is 2.92. The van der Waals surface area contributed by atoms with Gasteiger partial charge in [0.15, 0.2) is 5.82 Å². The van der Waals surface area contributed by atoms with Gasteiger partial charge >= 0.3 is 12.4 Å². The molecule has 138 valence electrons. The molecule has 0 bridgehead atoms. The lowest BCUT2D eigenvalue weighted by Gasteiger charge is -2.26. The van der Waals surface area contributed by atoms with Gasteiger partial charge in [-0.15, -0.1) is 22.6 Å². The first kappa shape index (κ1) is 19.5. The molecule has 11 heteroatoms. The first-order chi connectivity index (χ1) is 11.2. The molecule has 0 amide bonds. The third-order valence-electron chi connectivity index (χ3n) is 3.82. The van der Waals surface area contributed by atoms with Crippen LogP contribution in [-0.2, 0) is 25.3 Å². The molecule has 1 aliphatic heterocycles. The molecule has 0 saturated carbocycles. The highest BCUT2D eigenvalue weighted by atomic mass is 35.5. The predicted octanol–water partition coefficient (Wildman–Crippen LogP) is 3.62. The van der Waals surface area contributed by atoms with Crippen LogP contribution in [0, 0.1) is 0 Å². The molecule has 2 aromatic rings. The SMILES string of the molecule is Cl.FC(F)(F)c1ccccc1CC1NCCn2c1nnc2C(F)(F)F. The van der Waals surface area contributed by atoms with E-state index in [1.807, 2.05) is 0 Å². The third-order valence-corrected chi connectivity index (χ3v) is 3.82. The van der Waals surface area contributed by atoms with Crippen LogP contribution >= 0.6 is 12.4 Å². The summed E-state index contributed by atoms with van der Waals surface area (Å²) in [4.78, 5) is 0. The standard InChI is InChI=1S/C14H12F6N4.ClH/c15-13(16,17)9-4-2-1-3-8(9)7-10-11-22-23-12(14(18,19)20)24(11)6-5-21-10;/h1-4,10,21H,5-7H2;1H. The maximum atomic E-state index is 13.1. The van der Waals surface area contributed by atoms with E-state index in [1.54, 1.807) is 0 Å². The Kier molecular flexibility index (Phi) is 5.33. The van der Waals surface area contributed by atoms with Crippen LogP contribution in [0.15, 0.2) is 24.3 Å². The summed E-state index contributed by atoms with van der Waals surface area (Å²) in [5.74, 6) is -1.14. The van der Waals surface area contributed by atoms with Crippen LogP contribution in [0.5, 0.6) is 0 Å². The molecule has 1 N–H and O–H groups in total. The van der Waals surface area contributed by atoms with Crippen LogP contribution in [0.2, 0.25) is 0 Å². The number of aromatic nitrogens is 3. The minimum absolute atomic E-state index is 0. The number of halogens is 7. The van der Waals surface area contributed by atoms with Crippen molar-refractivity contribution in [3.63, 3.8) is 0 Å². The summed E-state index contributed by atoms with van der Waals surface area (Å²) in [5, 5.41) is 9.61. The quantitative estimate of drug-likeness (QED) is 0.802. The van der Waals surface area contributed by atoms with Crippen LogP contribution in [0.3, 0.4) is 0 Å². The molecule has 1 aromatic carbocycles. The van der Waals surface area contributed by atoms with Crippen LogP contribution in [0.4, 0.5) is 26.3 Å². The average molecular weight is 387 g/mol. The molecule has 25 heavy (non-hydrogen) atoms. The summed E-state index contributed by atoms with van der Waals surface area (Å²) >= 11 is 0. The number of nitrogens with one attached hydrogen (secondary N) is 1. The molecule has 4 nitrogen and oxygen atoms in total. The monoisotopic (exact) mass is 386 g/mol. The van der Waals surface area contributed by atoms with E-state index in [2.05, 4.69) is 15.5 Å². The minimum Gasteiger partial charge on any atom is -0.305 e. The number of rotatable bonds is 2. The molecule has 0 radical (unpaired) electrons. The zero-order chi connectivity index (χ0) is 17.5. The molecule has 1 unspecified atom stereocenters. The zero-order valence-corrected chi connectivity index (χ0v) is 13.3. The van der Waals surface area contributed by atoms with E-state index in [4.69, 9.17) is 0 Å².